The monoisotopic (exact) mass is 285 g/mol. The molecule has 0 amide bonds. The molecule has 0 saturated carbocycles. The van der Waals surface area contributed by atoms with Gasteiger partial charge in [-0.05, 0) is 49.9 Å². The van der Waals surface area contributed by atoms with E-state index in [1.54, 1.807) is 26.2 Å². The lowest BCUT2D eigenvalue weighted by molar-refractivity contribution is 0.410. The third-order valence-electron chi connectivity index (χ3n) is 3.54. The molecule has 19 heavy (non-hydrogen) atoms. The average molecular weight is 285 g/mol. The lowest BCUT2D eigenvalue weighted by atomic mass is 10.1. The summed E-state index contributed by atoms with van der Waals surface area (Å²) in [5.74, 6) is 0.947. The second-order valence-electron chi connectivity index (χ2n) is 5.17. The smallest absolute Gasteiger partial charge is 0.241 e. The van der Waals surface area contributed by atoms with Gasteiger partial charge in [-0.15, -0.1) is 0 Å². The van der Waals surface area contributed by atoms with Crippen LogP contribution in [0.1, 0.15) is 31.9 Å². The van der Waals surface area contributed by atoms with E-state index >= 15 is 0 Å². The first kappa shape index (κ1) is 16.0. The normalized spacial score (nSPS) is 13.6. The summed E-state index contributed by atoms with van der Waals surface area (Å²) in [6.07, 6.45) is 0. The summed E-state index contributed by atoms with van der Waals surface area (Å²) in [5, 5.41) is 0. The van der Waals surface area contributed by atoms with Crippen LogP contribution in [-0.2, 0) is 10.0 Å². The van der Waals surface area contributed by atoms with Gasteiger partial charge in [0.1, 0.15) is 5.75 Å². The molecule has 0 radical (unpaired) electrons. The first-order chi connectivity index (χ1) is 8.70. The zero-order valence-corrected chi connectivity index (χ0v) is 13.3. The number of rotatable bonds is 5. The molecule has 0 saturated heterocycles. The topological polar surface area (TPSA) is 55.4 Å². The molecule has 0 heterocycles. The van der Waals surface area contributed by atoms with E-state index < -0.39 is 10.0 Å². The zero-order chi connectivity index (χ0) is 14.8. The Hall–Kier alpha value is -1.07. The molecule has 1 atom stereocenters. The van der Waals surface area contributed by atoms with Crippen LogP contribution in [0.25, 0.3) is 0 Å². The first-order valence-electron chi connectivity index (χ1n) is 6.37. The summed E-state index contributed by atoms with van der Waals surface area (Å²) in [7, 11) is -1.91. The maximum absolute atomic E-state index is 12.4. The largest absolute Gasteiger partial charge is 0.496 e. The number of ether oxygens (including phenoxy) is 1. The highest BCUT2D eigenvalue weighted by atomic mass is 32.2. The zero-order valence-electron chi connectivity index (χ0n) is 12.4. The van der Waals surface area contributed by atoms with Gasteiger partial charge in [0.05, 0.1) is 12.0 Å². The molecule has 0 bridgehead atoms. The Bertz CT molecular complexity index is 550. The Kier molecular flexibility index (Phi) is 4.98. The van der Waals surface area contributed by atoms with Crippen LogP contribution in [0.4, 0.5) is 0 Å². The molecular formula is C14H23NO3S. The molecule has 1 aromatic rings. The summed E-state index contributed by atoms with van der Waals surface area (Å²) in [4.78, 5) is 0.318. The molecule has 0 unspecified atom stereocenters. The van der Waals surface area contributed by atoms with E-state index in [2.05, 4.69) is 4.72 Å². The summed E-state index contributed by atoms with van der Waals surface area (Å²) in [6.45, 7) is 9.50. The van der Waals surface area contributed by atoms with Gasteiger partial charge in [0.2, 0.25) is 10.0 Å². The molecular weight excluding hydrogens is 262 g/mol. The molecule has 0 aliphatic rings. The van der Waals surface area contributed by atoms with Crippen molar-refractivity contribution in [2.24, 2.45) is 5.92 Å². The highest BCUT2D eigenvalue weighted by Crippen LogP contribution is 2.27. The van der Waals surface area contributed by atoms with Crippen molar-refractivity contribution < 1.29 is 13.2 Å². The fourth-order valence-corrected chi connectivity index (χ4v) is 3.42. The van der Waals surface area contributed by atoms with E-state index in [0.717, 1.165) is 11.1 Å². The van der Waals surface area contributed by atoms with Crippen LogP contribution in [-0.4, -0.2) is 21.6 Å². The summed E-state index contributed by atoms with van der Waals surface area (Å²) >= 11 is 0. The number of sulfonamides is 1. The maximum atomic E-state index is 12.4. The van der Waals surface area contributed by atoms with Gasteiger partial charge < -0.3 is 4.74 Å². The Morgan fingerprint density at radius 2 is 1.68 bits per heavy atom. The van der Waals surface area contributed by atoms with E-state index in [0.29, 0.717) is 10.6 Å². The van der Waals surface area contributed by atoms with Crippen LogP contribution in [0.2, 0.25) is 0 Å². The van der Waals surface area contributed by atoms with E-state index in [1.807, 2.05) is 27.7 Å². The van der Waals surface area contributed by atoms with Crippen molar-refractivity contribution >= 4 is 10.0 Å². The van der Waals surface area contributed by atoms with Crippen molar-refractivity contribution in [2.75, 3.05) is 7.11 Å². The first-order valence-corrected chi connectivity index (χ1v) is 7.85. The molecule has 0 aliphatic heterocycles. The maximum Gasteiger partial charge on any atom is 0.241 e. The number of nitrogens with one attached hydrogen (secondary N) is 1. The average Bonchev–Trinajstić information content (AvgIpc) is 2.31. The van der Waals surface area contributed by atoms with Gasteiger partial charge in [-0.2, -0.15) is 0 Å². The third-order valence-corrected chi connectivity index (χ3v) is 5.24. The van der Waals surface area contributed by atoms with Gasteiger partial charge in [0.25, 0.3) is 0 Å². The highest BCUT2D eigenvalue weighted by Gasteiger charge is 2.22. The molecule has 0 aliphatic carbocycles. The van der Waals surface area contributed by atoms with Crippen molar-refractivity contribution in [3.8, 4) is 5.75 Å². The molecule has 1 rings (SSSR count). The molecule has 0 aromatic heterocycles. The number of hydrogen-bond donors (Lipinski definition) is 1. The predicted octanol–water partition coefficient (Wildman–Crippen LogP) is 2.63. The van der Waals surface area contributed by atoms with Crippen LogP contribution in [0, 0.1) is 19.8 Å². The van der Waals surface area contributed by atoms with E-state index in [1.165, 1.54) is 0 Å². The molecule has 0 spiro atoms. The van der Waals surface area contributed by atoms with Crippen molar-refractivity contribution in [1.29, 1.82) is 0 Å². The number of hydrogen-bond acceptors (Lipinski definition) is 3. The van der Waals surface area contributed by atoms with Crippen LogP contribution < -0.4 is 9.46 Å². The Morgan fingerprint density at radius 1 is 1.11 bits per heavy atom. The van der Waals surface area contributed by atoms with Crippen LogP contribution >= 0.6 is 0 Å². The summed E-state index contributed by atoms with van der Waals surface area (Å²) < 4.78 is 32.6. The molecule has 4 nitrogen and oxygen atoms in total. The highest BCUT2D eigenvalue weighted by molar-refractivity contribution is 7.89. The molecule has 108 valence electrons. The standard InChI is InChI=1S/C14H23NO3S/c1-9(2)12(5)15-19(16,17)14-8-7-13(18-6)10(3)11(14)4/h7-9,12,15H,1-6H3/t12-/m0/s1. The number of benzene rings is 1. The fourth-order valence-electron chi connectivity index (χ4n) is 1.73. The minimum absolute atomic E-state index is 0.105. The van der Waals surface area contributed by atoms with Crippen LogP contribution in [0.3, 0.4) is 0 Å². The van der Waals surface area contributed by atoms with E-state index in [-0.39, 0.29) is 12.0 Å². The molecule has 5 heteroatoms. The van der Waals surface area contributed by atoms with Gasteiger partial charge in [-0.3, -0.25) is 0 Å². The quantitative estimate of drug-likeness (QED) is 0.905. The van der Waals surface area contributed by atoms with Crippen molar-refractivity contribution in [3.63, 3.8) is 0 Å². The van der Waals surface area contributed by atoms with Crippen LogP contribution in [0.15, 0.2) is 17.0 Å². The minimum Gasteiger partial charge on any atom is -0.496 e. The Morgan fingerprint density at radius 3 is 2.16 bits per heavy atom. The van der Waals surface area contributed by atoms with Gasteiger partial charge in [-0.25, -0.2) is 13.1 Å². The molecule has 0 fully saturated rings. The van der Waals surface area contributed by atoms with Gasteiger partial charge in [0, 0.05) is 6.04 Å². The fraction of sp³-hybridized carbons (Fsp3) is 0.571. The number of methoxy groups -OCH3 is 1. The Balaban J connectivity index is 3.20. The summed E-state index contributed by atoms with van der Waals surface area (Å²) in [6, 6.07) is 3.18. The SMILES string of the molecule is COc1ccc(S(=O)(=O)N[C@@H](C)C(C)C)c(C)c1C. The van der Waals surface area contributed by atoms with Crippen molar-refractivity contribution in [2.45, 2.75) is 45.6 Å². The van der Waals surface area contributed by atoms with Crippen molar-refractivity contribution in [3.05, 3.63) is 23.3 Å². The van der Waals surface area contributed by atoms with Crippen LogP contribution in [0.5, 0.6) is 5.75 Å². The van der Waals surface area contributed by atoms with Crippen molar-refractivity contribution in [1.82, 2.24) is 4.72 Å². The Labute approximate surface area is 116 Å². The second-order valence-corrected chi connectivity index (χ2v) is 6.85. The third kappa shape index (κ3) is 3.48. The lowest BCUT2D eigenvalue weighted by Gasteiger charge is -2.19. The predicted molar refractivity (Wildman–Crippen MR) is 77.1 cm³/mol. The molecule has 1 aromatic carbocycles. The van der Waals surface area contributed by atoms with Gasteiger partial charge in [-0.1, -0.05) is 13.8 Å². The minimum atomic E-state index is -3.49. The second kappa shape index (κ2) is 5.92. The van der Waals surface area contributed by atoms with E-state index in [4.69, 9.17) is 4.74 Å². The summed E-state index contributed by atoms with van der Waals surface area (Å²) in [5.41, 5.74) is 1.57. The van der Waals surface area contributed by atoms with Gasteiger partial charge >= 0.3 is 0 Å². The van der Waals surface area contributed by atoms with Gasteiger partial charge in [0.15, 0.2) is 0 Å². The molecule has 1 N–H and O–H groups in total. The lowest BCUT2D eigenvalue weighted by Crippen LogP contribution is -2.36. The van der Waals surface area contributed by atoms with E-state index in [9.17, 15) is 8.42 Å².